The molecule has 0 spiro atoms. The van der Waals surface area contributed by atoms with E-state index in [1.54, 1.807) is 11.3 Å². The largest absolute Gasteiger partial charge is 0.377 e. The van der Waals surface area contributed by atoms with Gasteiger partial charge in [-0.05, 0) is 35.6 Å². The summed E-state index contributed by atoms with van der Waals surface area (Å²) < 4.78 is 0. The van der Waals surface area contributed by atoms with Gasteiger partial charge in [0.1, 0.15) is 0 Å². The lowest BCUT2D eigenvalue weighted by molar-refractivity contribution is 0.554. The summed E-state index contributed by atoms with van der Waals surface area (Å²) in [5.74, 6) is 0.538. The van der Waals surface area contributed by atoms with Crippen LogP contribution in [0.3, 0.4) is 0 Å². The van der Waals surface area contributed by atoms with E-state index in [2.05, 4.69) is 65.1 Å². The van der Waals surface area contributed by atoms with Gasteiger partial charge in [-0.2, -0.15) is 5.10 Å². The Kier molecular flexibility index (Phi) is 3.25. The predicted molar refractivity (Wildman–Crippen MR) is 81.6 cm³/mol. The molecule has 1 unspecified atom stereocenters. The quantitative estimate of drug-likeness (QED) is 0.736. The highest BCUT2D eigenvalue weighted by Crippen LogP contribution is 2.30. The van der Waals surface area contributed by atoms with Gasteiger partial charge in [0.05, 0.1) is 17.8 Å². The van der Waals surface area contributed by atoms with Crippen molar-refractivity contribution in [2.24, 2.45) is 5.92 Å². The van der Waals surface area contributed by atoms with Crippen molar-refractivity contribution < 1.29 is 0 Å². The van der Waals surface area contributed by atoms with Gasteiger partial charge < -0.3 is 5.32 Å². The summed E-state index contributed by atoms with van der Waals surface area (Å²) in [5.41, 5.74) is 2.20. The molecule has 2 aromatic heterocycles. The molecule has 0 radical (unpaired) electrons. The van der Waals surface area contributed by atoms with Crippen LogP contribution < -0.4 is 5.32 Å². The van der Waals surface area contributed by atoms with Gasteiger partial charge in [-0.3, -0.25) is 5.10 Å². The summed E-state index contributed by atoms with van der Waals surface area (Å²) in [7, 11) is 0. The Morgan fingerprint density at radius 3 is 2.89 bits per heavy atom. The van der Waals surface area contributed by atoms with Crippen LogP contribution in [0.15, 0.2) is 41.9 Å². The van der Waals surface area contributed by atoms with Crippen LogP contribution in [0.1, 0.15) is 24.8 Å². The highest BCUT2D eigenvalue weighted by molar-refractivity contribution is 7.10. The first-order valence-electron chi connectivity index (χ1n) is 6.47. The molecule has 2 N–H and O–H groups in total. The normalized spacial score (nSPS) is 13.0. The van der Waals surface area contributed by atoms with Crippen LogP contribution in [-0.2, 0) is 0 Å². The molecule has 3 rings (SSSR count). The van der Waals surface area contributed by atoms with E-state index in [4.69, 9.17) is 0 Å². The lowest BCUT2D eigenvalue weighted by Gasteiger charge is -2.22. The Hall–Kier alpha value is -1.81. The molecule has 0 bridgehead atoms. The monoisotopic (exact) mass is 271 g/mol. The van der Waals surface area contributed by atoms with Gasteiger partial charge in [-0.1, -0.05) is 19.9 Å². The summed E-state index contributed by atoms with van der Waals surface area (Å²) in [4.78, 5) is 1.37. The number of aromatic nitrogens is 2. The molecule has 0 fully saturated rings. The summed E-state index contributed by atoms with van der Waals surface area (Å²) in [6.45, 7) is 4.48. The minimum absolute atomic E-state index is 0.348. The summed E-state index contributed by atoms with van der Waals surface area (Å²) in [6, 6.07) is 11.0. The van der Waals surface area contributed by atoms with Crippen molar-refractivity contribution in [1.82, 2.24) is 10.2 Å². The maximum absolute atomic E-state index is 4.06. The highest BCUT2D eigenvalue weighted by Gasteiger charge is 2.16. The summed E-state index contributed by atoms with van der Waals surface area (Å²) in [5, 5.41) is 14.0. The second kappa shape index (κ2) is 5.05. The molecule has 98 valence electrons. The molecule has 0 aliphatic heterocycles. The maximum atomic E-state index is 4.06. The minimum atomic E-state index is 0.348. The van der Waals surface area contributed by atoms with E-state index in [9.17, 15) is 0 Å². The summed E-state index contributed by atoms with van der Waals surface area (Å²) >= 11 is 1.80. The Balaban J connectivity index is 1.89. The molecular formula is C15H17N3S. The number of nitrogens with zero attached hydrogens (tertiary/aromatic N) is 1. The average Bonchev–Trinajstić information content (AvgIpc) is 3.06. The van der Waals surface area contributed by atoms with Gasteiger partial charge in [0.2, 0.25) is 0 Å². The minimum Gasteiger partial charge on any atom is -0.377 e. The number of thiophene rings is 1. The molecule has 1 aromatic carbocycles. The van der Waals surface area contributed by atoms with Crippen LogP contribution in [0.4, 0.5) is 5.69 Å². The first-order valence-corrected chi connectivity index (χ1v) is 7.35. The predicted octanol–water partition coefficient (Wildman–Crippen LogP) is 4.43. The zero-order chi connectivity index (χ0) is 13.2. The van der Waals surface area contributed by atoms with Gasteiger partial charge in [0, 0.05) is 16.0 Å². The van der Waals surface area contributed by atoms with Crippen LogP contribution in [-0.4, -0.2) is 10.2 Å². The molecule has 2 heterocycles. The first kappa shape index (κ1) is 12.2. The zero-order valence-electron chi connectivity index (χ0n) is 11.1. The second-order valence-electron chi connectivity index (χ2n) is 5.05. The molecule has 0 saturated heterocycles. The standard InChI is InChI=1S/C15H17N3S/c1-10(2)15(14-4-3-7-19-14)17-12-6-5-11-9-16-18-13(11)8-12/h3-10,15,17H,1-2H3,(H,16,18). The van der Waals surface area contributed by atoms with E-state index in [-0.39, 0.29) is 0 Å². The van der Waals surface area contributed by atoms with Crippen LogP contribution >= 0.6 is 11.3 Å². The van der Waals surface area contributed by atoms with Crippen LogP contribution in [0.5, 0.6) is 0 Å². The van der Waals surface area contributed by atoms with E-state index in [0.29, 0.717) is 12.0 Å². The van der Waals surface area contributed by atoms with Crippen LogP contribution in [0.2, 0.25) is 0 Å². The first-order chi connectivity index (χ1) is 9.24. The Labute approximate surface area is 116 Å². The lowest BCUT2D eigenvalue weighted by atomic mass is 10.0. The molecule has 0 amide bonds. The number of fused-ring (bicyclic) bond motifs is 1. The third-order valence-electron chi connectivity index (χ3n) is 3.28. The lowest BCUT2D eigenvalue weighted by Crippen LogP contribution is -2.15. The number of nitrogens with one attached hydrogen (secondary N) is 2. The molecule has 4 heteroatoms. The number of rotatable bonds is 4. The van der Waals surface area contributed by atoms with Crippen molar-refractivity contribution >= 4 is 27.9 Å². The number of anilines is 1. The molecule has 19 heavy (non-hydrogen) atoms. The SMILES string of the molecule is CC(C)C(Nc1ccc2cn[nH]c2c1)c1cccs1. The van der Waals surface area contributed by atoms with Crippen LogP contribution in [0.25, 0.3) is 10.9 Å². The highest BCUT2D eigenvalue weighted by atomic mass is 32.1. The summed E-state index contributed by atoms with van der Waals surface area (Å²) in [6.07, 6.45) is 1.85. The number of aromatic amines is 1. The van der Waals surface area contributed by atoms with Crippen LogP contribution in [0, 0.1) is 5.92 Å². The van der Waals surface area contributed by atoms with Crippen molar-refractivity contribution in [2.45, 2.75) is 19.9 Å². The fraction of sp³-hybridized carbons (Fsp3) is 0.267. The molecular weight excluding hydrogens is 254 g/mol. The van der Waals surface area contributed by atoms with Gasteiger partial charge in [0.15, 0.2) is 0 Å². The van der Waals surface area contributed by atoms with E-state index >= 15 is 0 Å². The van der Waals surface area contributed by atoms with Crippen molar-refractivity contribution in [2.75, 3.05) is 5.32 Å². The fourth-order valence-electron chi connectivity index (χ4n) is 2.24. The average molecular weight is 271 g/mol. The number of benzene rings is 1. The molecule has 0 aliphatic rings. The molecule has 0 aliphatic carbocycles. The maximum Gasteiger partial charge on any atom is 0.0670 e. The number of H-pyrrole nitrogens is 1. The third-order valence-corrected chi connectivity index (χ3v) is 4.24. The number of hydrogen-bond donors (Lipinski definition) is 2. The van der Waals surface area contributed by atoms with E-state index in [0.717, 1.165) is 16.6 Å². The van der Waals surface area contributed by atoms with Gasteiger partial charge in [-0.15, -0.1) is 11.3 Å². The smallest absolute Gasteiger partial charge is 0.0670 e. The van der Waals surface area contributed by atoms with Gasteiger partial charge >= 0.3 is 0 Å². The van der Waals surface area contributed by atoms with E-state index in [1.807, 2.05) is 6.20 Å². The van der Waals surface area contributed by atoms with Crippen molar-refractivity contribution in [1.29, 1.82) is 0 Å². The topological polar surface area (TPSA) is 40.7 Å². The molecule has 1 atom stereocenters. The number of hydrogen-bond acceptors (Lipinski definition) is 3. The van der Waals surface area contributed by atoms with E-state index in [1.165, 1.54) is 4.88 Å². The molecule has 0 saturated carbocycles. The van der Waals surface area contributed by atoms with Gasteiger partial charge in [0.25, 0.3) is 0 Å². The van der Waals surface area contributed by atoms with Gasteiger partial charge in [-0.25, -0.2) is 0 Å². The van der Waals surface area contributed by atoms with E-state index < -0.39 is 0 Å². The Bertz CT molecular complexity index is 655. The third kappa shape index (κ3) is 2.49. The Morgan fingerprint density at radius 2 is 2.16 bits per heavy atom. The van der Waals surface area contributed by atoms with Crippen molar-refractivity contribution in [3.05, 3.63) is 46.8 Å². The molecule has 3 nitrogen and oxygen atoms in total. The molecule has 3 aromatic rings. The Morgan fingerprint density at radius 1 is 1.26 bits per heavy atom. The second-order valence-corrected chi connectivity index (χ2v) is 6.03. The fourth-order valence-corrected chi connectivity index (χ4v) is 3.19. The van der Waals surface area contributed by atoms with Crippen molar-refractivity contribution in [3.8, 4) is 0 Å². The zero-order valence-corrected chi connectivity index (χ0v) is 11.9. The van der Waals surface area contributed by atoms with Crippen molar-refractivity contribution in [3.63, 3.8) is 0 Å².